The second kappa shape index (κ2) is 6.88. The number of halogens is 1. The van der Waals surface area contributed by atoms with Gasteiger partial charge in [0.2, 0.25) is 0 Å². The van der Waals surface area contributed by atoms with Gasteiger partial charge >= 0.3 is 12.0 Å². The van der Waals surface area contributed by atoms with E-state index in [4.69, 9.17) is 5.11 Å². The number of amides is 2. The van der Waals surface area contributed by atoms with E-state index in [0.717, 1.165) is 5.56 Å². The quantitative estimate of drug-likeness (QED) is 0.777. The first-order valence-corrected chi connectivity index (χ1v) is 6.36. The van der Waals surface area contributed by atoms with Crippen LogP contribution in [0.3, 0.4) is 0 Å². The average molecular weight is 282 g/mol. The zero-order valence-electron chi connectivity index (χ0n) is 11.7. The molecule has 0 aliphatic heterocycles. The van der Waals surface area contributed by atoms with Crippen molar-refractivity contribution in [1.29, 1.82) is 0 Å². The Morgan fingerprint density at radius 3 is 2.50 bits per heavy atom. The summed E-state index contributed by atoms with van der Waals surface area (Å²) in [6.45, 7) is 5.44. The van der Waals surface area contributed by atoms with E-state index in [1.54, 1.807) is 13.0 Å². The molecule has 2 amide bonds. The topological polar surface area (TPSA) is 78.4 Å². The summed E-state index contributed by atoms with van der Waals surface area (Å²) in [5.74, 6) is -1.55. The van der Waals surface area contributed by atoms with Gasteiger partial charge in [-0.25, -0.2) is 14.0 Å². The number of carboxylic acids is 1. The van der Waals surface area contributed by atoms with Crippen molar-refractivity contribution in [2.24, 2.45) is 5.92 Å². The number of benzene rings is 1. The second-order valence-corrected chi connectivity index (χ2v) is 5.10. The van der Waals surface area contributed by atoms with Crippen LogP contribution in [0.4, 0.5) is 14.9 Å². The molecular weight excluding hydrogens is 263 g/mol. The second-order valence-electron chi connectivity index (χ2n) is 5.10. The fourth-order valence-corrected chi connectivity index (χ4v) is 1.73. The molecule has 0 aliphatic rings. The van der Waals surface area contributed by atoms with E-state index in [1.807, 2.05) is 13.8 Å². The van der Waals surface area contributed by atoms with Crippen LogP contribution >= 0.6 is 0 Å². The molecule has 1 aromatic rings. The summed E-state index contributed by atoms with van der Waals surface area (Å²) >= 11 is 0. The van der Waals surface area contributed by atoms with Crippen LogP contribution in [0.15, 0.2) is 18.2 Å². The zero-order chi connectivity index (χ0) is 15.3. The van der Waals surface area contributed by atoms with E-state index in [1.165, 1.54) is 12.1 Å². The Kier molecular flexibility index (Phi) is 5.49. The lowest BCUT2D eigenvalue weighted by Crippen LogP contribution is -2.43. The van der Waals surface area contributed by atoms with Gasteiger partial charge in [0.25, 0.3) is 0 Å². The summed E-state index contributed by atoms with van der Waals surface area (Å²) in [7, 11) is 0. The maximum absolute atomic E-state index is 13.6. The predicted octanol–water partition coefficient (Wildman–Crippen LogP) is 2.75. The molecule has 1 rings (SSSR count). The van der Waals surface area contributed by atoms with E-state index >= 15 is 0 Å². The summed E-state index contributed by atoms with van der Waals surface area (Å²) in [5, 5.41) is 13.6. The highest BCUT2D eigenvalue weighted by atomic mass is 19.1. The Morgan fingerprint density at radius 2 is 2.00 bits per heavy atom. The zero-order valence-corrected chi connectivity index (χ0v) is 11.7. The number of hydrogen-bond donors (Lipinski definition) is 3. The molecule has 5 nitrogen and oxygen atoms in total. The summed E-state index contributed by atoms with van der Waals surface area (Å²) < 4.78 is 13.6. The largest absolute Gasteiger partial charge is 0.480 e. The first kappa shape index (κ1) is 15.9. The first-order valence-electron chi connectivity index (χ1n) is 6.36. The van der Waals surface area contributed by atoms with Crippen molar-refractivity contribution in [1.82, 2.24) is 5.32 Å². The van der Waals surface area contributed by atoms with Crippen molar-refractivity contribution in [2.45, 2.75) is 33.2 Å². The van der Waals surface area contributed by atoms with Gasteiger partial charge in [-0.15, -0.1) is 0 Å². The van der Waals surface area contributed by atoms with E-state index in [-0.39, 0.29) is 11.6 Å². The van der Waals surface area contributed by atoms with Crippen LogP contribution in [0.2, 0.25) is 0 Å². The Labute approximate surface area is 117 Å². The molecular formula is C14H19FN2O3. The molecule has 0 heterocycles. The molecule has 0 fully saturated rings. The summed E-state index contributed by atoms with van der Waals surface area (Å²) in [6, 6.07) is 2.65. The molecule has 3 N–H and O–H groups in total. The van der Waals surface area contributed by atoms with Crippen LogP contribution in [0.1, 0.15) is 25.8 Å². The fourth-order valence-electron chi connectivity index (χ4n) is 1.73. The lowest BCUT2D eigenvalue weighted by Gasteiger charge is -2.17. The number of carbonyl (C=O) groups excluding carboxylic acids is 1. The molecule has 20 heavy (non-hydrogen) atoms. The standard InChI is InChI=1S/C14H19FN2O3/c1-8(2)6-12(13(18)19)17-14(20)16-11-5-4-9(3)7-10(11)15/h4-5,7-8,12H,6H2,1-3H3,(H,18,19)(H2,16,17,20). The average Bonchev–Trinajstić information content (AvgIpc) is 2.31. The SMILES string of the molecule is Cc1ccc(NC(=O)NC(CC(C)C)C(=O)O)c(F)c1. The maximum atomic E-state index is 13.6. The van der Waals surface area contributed by atoms with Gasteiger partial charge < -0.3 is 15.7 Å². The van der Waals surface area contributed by atoms with Crippen LogP contribution in [0.25, 0.3) is 0 Å². The smallest absolute Gasteiger partial charge is 0.326 e. The fraction of sp³-hybridized carbons (Fsp3) is 0.429. The number of carbonyl (C=O) groups is 2. The van der Waals surface area contributed by atoms with Gasteiger partial charge in [0, 0.05) is 0 Å². The molecule has 0 bridgehead atoms. The number of carboxylic acid groups (broad SMARTS) is 1. The number of aryl methyl sites for hydroxylation is 1. The molecule has 0 aromatic heterocycles. The third-order valence-corrected chi connectivity index (χ3v) is 2.68. The molecule has 0 spiro atoms. The maximum Gasteiger partial charge on any atom is 0.326 e. The van der Waals surface area contributed by atoms with Gasteiger partial charge in [-0.3, -0.25) is 0 Å². The number of hydrogen-bond acceptors (Lipinski definition) is 2. The molecule has 110 valence electrons. The molecule has 1 unspecified atom stereocenters. The van der Waals surface area contributed by atoms with E-state index < -0.39 is 23.9 Å². The molecule has 1 aromatic carbocycles. The van der Waals surface area contributed by atoms with Crippen LogP contribution in [-0.2, 0) is 4.79 Å². The number of aliphatic carboxylic acids is 1. The molecule has 0 radical (unpaired) electrons. The minimum absolute atomic E-state index is 0.0155. The highest BCUT2D eigenvalue weighted by Crippen LogP contribution is 2.15. The molecule has 6 heteroatoms. The Balaban J connectivity index is 2.68. The number of anilines is 1. The minimum Gasteiger partial charge on any atom is -0.480 e. The van der Waals surface area contributed by atoms with Crippen LogP contribution < -0.4 is 10.6 Å². The Morgan fingerprint density at radius 1 is 1.35 bits per heavy atom. The molecule has 0 saturated heterocycles. The van der Waals surface area contributed by atoms with Crippen LogP contribution in [0.5, 0.6) is 0 Å². The predicted molar refractivity (Wildman–Crippen MR) is 74.2 cm³/mol. The first-order chi connectivity index (χ1) is 9.29. The summed E-state index contributed by atoms with van der Waals surface area (Å²) in [6.07, 6.45) is 0.305. The van der Waals surface area contributed by atoms with Gasteiger partial charge in [-0.2, -0.15) is 0 Å². The van der Waals surface area contributed by atoms with Gasteiger partial charge in [0.1, 0.15) is 11.9 Å². The monoisotopic (exact) mass is 282 g/mol. The highest BCUT2D eigenvalue weighted by Gasteiger charge is 2.21. The van der Waals surface area contributed by atoms with Gasteiger partial charge in [0.15, 0.2) is 0 Å². The van der Waals surface area contributed by atoms with Crippen LogP contribution in [-0.4, -0.2) is 23.1 Å². The van der Waals surface area contributed by atoms with Crippen molar-refractivity contribution in [3.63, 3.8) is 0 Å². The van der Waals surface area contributed by atoms with Crippen molar-refractivity contribution in [2.75, 3.05) is 5.32 Å². The van der Waals surface area contributed by atoms with Gasteiger partial charge in [-0.05, 0) is 37.0 Å². The Hall–Kier alpha value is -2.11. The summed E-state index contributed by atoms with van der Waals surface area (Å²) in [5.41, 5.74) is 0.749. The van der Waals surface area contributed by atoms with E-state index in [2.05, 4.69) is 10.6 Å². The Bertz CT molecular complexity index is 503. The van der Waals surface area contributed by atoms with Crippen molar-refractivity contribution in [3.8, 4) is 0 Å². The third kappa shape index (κ3) is 4.87. The lowest BCUT2D eigenvalue weighted by molar-refractivity contribution is -0.139. The summed E-state index contributed by atoms with van der Waals surface area (Å²) in [4.78, 5) is 22.7. The van der Waals surface area contributed by atoms with Gasteiger partial charge in [-0.1, -0.05) is 19.9 Å². The van der Waals surface area contributed by atoms with E-state index in [9.17, 15) is 14.0 Å². The van der Waals surface area contributed by atoms with Crippen LogP contribution in [0, 0.1) is 18.7 Å². The minimum atomic E-state index is -1.11. The third-order valence-electron chi connectivity index (χ3n) is 2.68. The van der Waals surface area contributed by atoms with Crippen molar-refractivity contribution in [3.05, 3.63) is 29.6 Å². The number of nitrogens with one attached hydrogen (secondary N) is 2. The van der Waals surface area contributed by atoms with Crippen molar-refractivity contribution >= 4 is 17.7 Å². The molecule has 0 saturated carbocycles. The number of urea groups is 1. The number of rotatable bonds is 5. The van der Waals surface area contributed by atoms with Crippen molar-refractivity contribution < 1.29 is 19.1 Å². The molecule has 1 atom stereocenters. The van der Waals surface area contributed by atoms with E-state index in [0.29, 0.717) is 6.42 Å². The normalized spacial score (nSPS) is 12.1. The molecule has 0 aliphatic carbocycles. The van der Waals surface area contributed by atoms with Gasteiger partial charge in [0.05, 0.1) is 5.69 Å². The lowest BCUT2D eigenvalue weighted by atomic mass is 10.0. The highest BCUT2D eigenvalue weighted by molar-refractivity contribution is 5.92.